The molecule has 0 aliphatic heterocycles. The van der Waals surface area contributed by atoms with Crippen LogP contribution in [0.4, 0.5) is 11.5 Å². The van der Waals surface area contributed by atoms with Gasteiger partial charge in [-0.25, -0.2) is 9.97 Å². The average Bonchev–Trinajstić information content (AvgIpc) is 2.84. The molecule has 118 valence electrons. The number of benzene rings is 1. The van der Waals surface area contributed by atoms with Crippen LogP contribution in [0.15, 0.2) is 30.6 Å². The van der Waals surface area contributed by atoms with E-state index in [1.165, 1.54) is 10.4 Å². The highest BCUT2D eigenvalue weighted by atomic mass is 32.1. The monoisotopic (exact) mass is 326 g/mol. The van der Waals surface area contributed by atoms with Gasteiger partial charge in [0.1, 0.15) is 17.0 Å². The molecule has 1 aromatic carbocycles. The molecule has 23 heavy (non-hydrogen) atoms. The van der Waals surface area contributed by atoms with E-state index < -0.39 is 0 Å². The third kappa shape index (κ3) is 3.03. The highest BCUT2D eigenvalue weighted by molar-refractivity contribution is 7.18. The number of carbonyl (C=O) groups excluding carboxylic acids is 1. The average molecular weight is 326 g/mol. The Hall–Kier alpha value is -2.47. The molecule has 0 bridgehead atoms. The maximum atomic E-state index is 12.0. The third-order valence-corrected chi connectivity index (χ3v) is 4.81. The minimum Gasteiger partial charge on any atom is -0.352 e. The number of thiophene rings is 1. The van der Waals surface area contributed by atoms with E-state index in [1.54, 1.807) is 23.7 Å². The molecule has 2 N–H and O–H groups in total. The van der Waals surface area contributed by atoms with Gasteiger partial charge in [0.2, 0.25) is 0 Å². The lowest BCUT2D eigenvalue weighted by Gasteiger charge is -2.09. The molecule has 5 nitrogen and oxygen atoms in total. The van der Waals surface area contributed by atoms with Crippen molar-refractivity contribution in [3.8, 4) is 0 Å². The summed E-state index contributed by atoms with van der Waals surface area (Å²) in [6.45, 7) is 6.67. The predicted octanol–water partition coefficient (Wildman–Crippen LogP) is 3.80. The van der Waals surface area contributed by atoms with Crippen molar-refractivity contribution in [2.45, 2.75) is 20.8 Å². The molecule has 0 fully saturated rings. The molecule has 0 saturated carbocycles. The summed E-state index contributed by atoms with van der Waals surface area (Å²) in [5, 5.41) is 7.16. The topological polar surface area (TPSA) is 66.9 Å². The van der Waals surface area contributed by atoms with Crippen LogP contribution in [0.5, 0.6) is 0 Å². The van der Waals surface area contributed by atoms with Gasteiger partial charge in [-0.15, -0.1) is 11.3 Å². The van der Waals surface area contributed by atoms with Crippen LogP contribution in [0, 0.1) is 13.8 Å². The maximum absolute atomic E-state index is 12.0. The molecule has 0 saturated heterocycles. The summed E-state index contributed by atoms with van der Waals surface area (Å²) >= 11 is 1.66. The van der Waals surface area contributed by atoms with Gasteiger partial charge in [0.25, 0.3) is 5.91 Å². The summed E-state index contributed by atoms with van der Waals surface area (Å²) in [6.07, 6.45) is 1.56. The number of hydrogen-bond acceptors (Lipinski definition) is 5. The Bertz CT molecular complexity index is 872. The standard InChI is InChI=1S/C17H18N4OS/c1-4-18-16(22)12-6-5-7-13(8-12)21-15-14-10(2)11(3)23-17(14)20-9-19-15/h5-9H,4H2,1-3H3,(H,18,22)(H,19,20,21). The van der Waals surface area contributed by atoms with Gasteiger partial charge >= 0.3 is 0 Å². The van der Waals surface area contributed by atoms with Gasteiger partial charge in [-0.1, -0.05) is 6.07 Å². The second-order valence-corrected chi connectivity index (χ2v) is 6.45. The predicted molar refractivity (Wildman–Crippen MR) is 94.6 cm³/mol. The molecule has 0 atom stereocenters. The minimum absolute atomic E-state index is 0.0773. The van der Waals surface area contributed by atoms with Crippen molar-refractivity contribution in [2.24, 2.45) is 0 Å². The zero-order valence-electron chi connectivity index (χ0n) is 13.3. The lowest BCUT2D eigenvalue weighted by atomic mass is 10.1. The maximum Gasteiger partial charge on any atom is 0.251 e. The van der Waals surface area contributed by atoms with Crippen molar-refractivity contribution in [3.05, 3.63) is 46.6 Å². The van der Waals surface area contributed by atoms with Gasteiger partial charge in [0.05, 0.1) is 5.39 Å². The van der Waals surface area contributed by atoms with Gasteiger partial charge < -0.3 is 10.6 Å². The normalized spacial score (nSPS) is 10.7. The molecule has 0 radical (unpaired) electrons. The van der Waals surface area contributed by atoms with Crippen LogP contribution < -0.4 is 10.6 Å². The van der Waals surface area contributed by atoms with Crippen molar-refractivity contribution in [3.63, 3.8) is 0 Å². The van der Waals surface area contributed by atoms with Gasteiger partial charge in [0.15, 0.2) is 0 Å². The lowest BCUT2D eigenvalue weighted by Crippen LogP contribution is -2.22. The second-order valence-electron chi connectivity index (χ2n) is 5.25. The first-order valence-corrected chi connectivity index (χ1v) is 8.27. The van der Waals surface area contributed by atoms with Crippen LogP contribution in [0.1, 0.15) is 27.7 Å². The highest BCUT2D eigenvalue weighted by Gasteiger charge is 2.12. The molecule has 1 amide bonds. The number of carbonyl (C=O) groups is 1. The van der Waals surface area contributed by atoms with Gasteiger partial charge in [-0.05, 0) is 44.5 Å². The number of nitrogens with one attached hydrogen (secondary N) is 2. The van der Waals surface area contributed by atoms with E-state index in [1.807, 2.05) is 25.1 Å². The first-order valence-electron chi connectivity index (χ1n) is 7.46. The van der Waals surface area contributed by atoms with Crippen LogP contribution in [0.2, 0.25) is 0 Å². The van der Waals surface area contributed by atoms with Crippen molar-refractivity contribution in [1.82, 2.24) is 15.3 Å². The smallest absolute Gasteiger partial charge is 0.251 e. The Labute approximate surface area is 138 Å². The van der Waals surface area contributed by atoms with E-state index in [2.05, 4.69) is 34.4 Å². The molecule has 3 aromatic rings. The van der Waals surface area contributed by atoms with Crippen molar-refractivity contribution >= 4 is 39.0 Å². The van der Waals surface area contributed by atoms with Crippen LogP contribution in [0.25, 0.3) is 10.2 Å². The lowest BCUT2D eigenvalue weighted by molar-refractivity contribution is 0.0956. The number of aromatic nitrogens is 2. The SMILES string of the molecule is CCNC(=O)c1cccc(Nc2ncnc3sc(C)c(C)c23)c1. The largest absolute Gasteiger partial charge is 0.352 e. The molecule has 2 aromatic heterocycles. The Morgan fingerprint density at radius 2 is 2.09 bits per heavy atom. The number of hydrogen-bond donors (Lipinski definition) is 2. The van der Waals surface area contributed by atoms with E-state index in [-0.39, 0.29) is 5.91 Å². The quantitative estimate of drug-likeness (QED) is 0.765. The van der Waals surface area contributed by atoms with E-state index in [9.17, 15) is 4.79 Å². The highest BCUT2D eigenvalue weighted by Crippen LogP contribution is 2.33. The van der Waals surface area contributed by atoms with Crippen LogP contribution in [0.3, 0.4) is 0 Å². The van der Waals surface area contributed by atoms with Crippen molar-refractivity contribution < 1.29 is 4.79 Å². The van der Waals surface area contributed by atoms with Gasteiger partial charge in [-0.2, -0.15) is 0 Å². The van der Waals surface area contributed by atoms with E-state index in [0.717, 1.165) is 21.7 Å². The molecule has 0 aliphatic rings. The Balaban J connectivity index is 1.97. The summed E-state index contributed by atoms with van der Waals surface area (Å²) in [7, 11) is 0. The summed E-state index contributed by atoms with van der Waals surface area (Å²) in [5.41, 5.74) is 2.64. The second kappa shape index (κ2) is 6.34. The molecule has 0 spiro atoms. The summed E-state index contributed by atoms with van der Waals surface area (Å²) in [6, 6.07) is 7.40. The number of fused-ring (bicyclic) bond motifs is 1. The molecule has 3 rings (SSSR count). The van der Waals surface area contributed by atoms with Crippen LogP contribution in [-0.2, 0) is 0 Å². The summed E-state index contributed by atoms with van der Waals surface area (Å²) in [4.78, 5) is 22.9. The molecule has 0 unspecified atom stereocenters. The molecule has 2 heterocycles. The fraction of sp³-hybridized carbons (Fsp3) is 0.235. The summed E-state index contributed by atoms with van der Waals surface area (Å²) < 4.78 is 0. The number of aryl methyl sites for hydroxylation is 2. The number of nitrogens with zero attached hydrogens (tertiary/aromatic N) is 2. The zero-order valence-corrected chi connectivity index (χ0v) is 14.1. The van der Waals surface area contributed by atoms with Crippen molar-refractivity contribution in [1.29, 1.82) is 0 Å². The van der Waals surface area contributed by atoms with E-state index in [4.69, 9.17) is 0 Å². The number of rotatable bonds is 4. The zero-order chi connectivity index (χ0) is 16.4. The molecular formula is C17H18N4OS. The Morgan fingerprint density at radius 1 is 1.26 bits per heavy atom. The number of amides is 1. The fourth-order valence-electron chi connectivity index (χ4n) is 2.41. The molecule has 0 aliphatic carbocycles. The number of anilines is 2. The molecular weight excluding hydrogens is 308 g/mol. The fourth-order valence-corrected chi connectivity index (χ4v) is 3.41. The van der Waals surface area contributed by atoms with Gasteiger partial charge in [-0.3, -0.25) is 4.79 Å². The first-order chi connectivity index (χ1) is 11.1. The third-order valence-electron chi connectivity index (χ3n) is 3.69. The Morgan fingerprint density at radius 3 is 2.87 bits per heavy atom. The minimum atomic E-state index is -0.0773. The van der Waals surface area contributed by atoms with E-state index >= 15 is 0 Å². The van der Waals surface area contributed by atoms with Crippen molar-refractivity contribution in [2.75, 3.05) is 11.9 Å². The van der Waals surface area contributed by atoms with Crippen LogP contribution in [-0.4, -0.2) is 22.4 Å². The first kappa shape index (κ1) is 15.4. The Kier molecular flexibility index (Phi) is 4.25. The van der Waals surface area contributed by atoms with Crippen LogP contribution >= 0.6 is 11.3 Å². The molecule has 6 heteroatoms. The summed E-state index contributed by atoms with van der Waals surface area (Å²) in [5.74, 6) is 0.691. The van der Waals surface area contributed by atoms with Gasteiger partial charge in [0, 0.05) is 22.7 Å². The van der Waals surface area contributed by atoms with E-state index in [0.29, 0.717) is 12.1 Å².